The third-order valence-electron chi connectivity index (χ3n) is 3.19. The number of carboxylic acid groups (broad SMARTS) is 1. The number of fused-ring (bicyclic) bond motifs is 1. The standard InChI is InChI=1S/C15H15N3O5/c19-14(17-11-7-16-18(8-11)9-15(20)21)6-10-1-2-12-13(5-10)23-4-3-22-12/h1-2,5,7-8H,3-4,6,9H2,(H,17,19)(H,20,21). The van der Waals surface area contributed by atoms with E-state index in [0.717, 1.165) is 5.56 Å². The predicted molar refractivity (Wildman–Crippen MR) is 79.6 cm³/mol. The van der Waals surface area contributed by atoms with Crippen molar-refractivity contribution in [2.45, 2.75) is 13.0 Å². The molecule has 2 N–H and O–H groups in total. The first-order valence-corrected chi connectivity index (χ1v) is 7.03. The molecule has 0 fully saturated rings. The topological polar surface area (TPSA) is 103 Å². The zero-order valence-electron chi connectivity index (χ0n) is 12.2. The fraction of sp³-hybridized carbons (Fsp3) is 0.267. The summed E-state index contributed by atoms with van der Waals surface area (Å²) in [7, 11) is 0. The molecule has 1 aliphatic heterocycles. The van der Waals surface area contributed by atoms with Gasteiger partial charge in [0.25, 0.3) is 0 Å². The monoisotopic (exact) mass is 317 g/mol. The van der Waals surface area contributed by atoms with Crippen LogP contribution >= 0.6 is 0 Å². The van der Waals surface area contributed by atoms with Gasteiger partial charge in [-0.3, -0.25) is 14.3 Å². The molecule has 0 radical (unpaired) electrons. The maximum absolute atomic E-state index is 12.0. The van der Waals surface area contributed by atoms with E-state index in [2.05, 4.69) is 10.4 Å². The quantitative estimate of drug-likeness (QED) is 0.850. The van der Waals surface area contributed by atoms with E-state index in [4.69, 9.17) is 14.6 Å². The summed E-state index contributed by atoms with van der Waals surface area (Å²) in [5.74, 6) is 0.0880. The van der Waals surface area contributed by atoms with Crippen molar-refractivity contribution in [2.24, 2.45) is 0 Å². The summed E-state index contributed by atoms with van der Waals surface area (Å²) in [6.07, 6.45) is 3.04. The summed E-state index contributed by atoms with van der Waals surface area (Å²) >= 11 is 0. The highest BCUT2D eigenvalue weighted by Crippen LogP contribution is 2.30. The number of ether oxygens (including phenoxy) is 2. The largest absolute Gasteiger partial charge is 0.486 e. The van der Waals surface area contributed by atoms with Crippen molar-refractivity contribution in [3.8, 4) is 11.5 Å². The van der Waals surface area contributed by atoms with Crippen LogP contribution in [0.5, 0.6) is 11.5 Å². The minimum absolute atomic E-state index is 0.167. The number of nitrogens with zero attached hydrogens (tertiary/aromatic N) is 2. The highest BCUT2D eigenvalue weighted by molar-refractivity contribution is 5.92. The van der Waals surface area contributed by atoms with Gasteiger partial charge in [0.2, 0.25) is 5.91 Å². The van der Waals surface area contributed by atoms with Crippen molar-refractivity contribution in [1.82, 2.24) is 9.78 Å². The molecule has 3 rings (SSSR count). The van der Waals surface area contributed by atoms with E-state index < -0.39 is 5.97 Å². The summed E-state index contributed by atoms with van der Waals surface area (Å²) < 4.78 is 12.1. The minimum Gasteiger partial charge on any atom is -0.486 e. The van der Waals surface area contributed by atoms with Gasteiger partial charge in [-0.05, 0) is 17.7 Å². The fourth-order valence-corrected chi connectivity index (χ4v) is 2.24. The minimum atomic E-state index is -0.998. The zero-order valence-corrected chi connectivity index (χ0v) is 12.2. The van der Waals surface area contributed by atoms with E-state index in [-0.39, 0.29) is 18.9 Å². The van der Waals surface area contributed by atoms with E-state index in [1.807, 2.05) is 0 Å². The Morgan fingerprint density at radius 1 is 1.26 bits per heavy atom. The normalized spacial score (nSPS) is 12.7. The molecular formula is C15H15N3O5. The van der Waals surface area contributed by atoms with Gasteiger partial charge in [0.15, 0.2) is 11.5 Å². The second-order valence-electron chi connectivity index (χ2n) is 5.02. The molecule has 0 unspecified atom stereocenters. The first-order chi connectivity index (χ1) is 11.1. The van der Waals surface area contributed by atoms with Gasteiger partial charge < -0.3 is 19.9 Å². The molecule has 2 aromatic rings. The Balaban J connectivity index is 1.61. The van der Waals surface area contributed by atoms with Crippen molar-refractivity contribution >= 4 is 17.6 Å². The summed E-state index contributed by atoms with van der Waals surface area (Å²) in [5, 5.41) is 15.2. The number of rotatable bonds is 5. The number of benzene rings is 1. The van der Waals surface area contributed by atoms with E-state index in [0.29, 0.717) is 30.4 Å². The molecule has 1 amide bonds. The van der Waals surface area contributed by atoms with E-state index in [9.17, 15) is 9.59 Å². The van der Waals surface area contributed by atoms with Crippen LogP contribution < -0.4 is 14.8 Å². The lowest BCUT2D eigenvalue weighted by molar-refractivity contribution is -0.137. The highest BCUT2D eigenvalue weighted by atomic mass is 16.6. The lowest BCUT2D eigenvalue weighted by Crippen LogP contribution is -2.17. The predicted octanol–water partition coefficient (Wildman–Crippen LogP) is 0.920. The van der Waals surface area contributed by atoms with Crippen molar-refractivity contribution in [2.75, 3.05) is 18.5 Å². The first-order valence-electron chi connectivity index (χ1n) is 7.03. The molecule has 0 spiro atoms. The molecule has 120 valence electrons. The molecule has 0 aliphatic carbocycles. The van der Waals surface area contributed by atoms with Crippen molar-refractivity contribution in [3.05, 3.63) is 36.2 Å². The Kier molecular flexibility index (Phi) is 4.13. The number of hydrogen-bond acceptors (Lipinski definition) is 5. The molecule has 1 aromatic heterocycles. The van der Waals surface area contributed by atoms with E-state index in [1.165, 1.54) is 17.1 Å². The van der Waals surface area contributed by atoms with E-state index in [1.54, 1.807) is 18.2 Å². The summed E-state index contributed by atoms with van der Waals surface area (Å²) in [6, 6.07) is 5.37. The Morgan fingerprint density at radius 3 is 2.83 bits per heavy atom. The van der Waals surface area contributed by atoms with Crippen LogP contribution in [0.3, 0.4) is 0 Å². The molecule has 23 heavy (non-hydrogen) atoms. The fourth-order valence-electron chi connectivity index (χ4n) is 2.24. The van der Waals surface area contributed by atoms with Crippen LogP contribution in [0.1, 0.15) is 5.56 Å². The molecular weight excluding hydrogens is 302 g/mol. The molecule has 0 saturated carbocycles. The SMILES string of the molecule is O=C(O)Cn1cc(NC(=O)Cc2ccc3c(c2)OCCO3)cn1. The number of aliphatic carboxylic acids is 1. The molecule has 8 nitrogen and oxygen atoms in total. The Hall–Kier alpha value is -3.03. The Morgan fingerprint density at radius 2 is 2.04 bits per heavy atom. The summed E-state index contributed by atoms with van der Waals surface area (Å²) in [5.41, 5.74) is 1.25. The van der Waals surface area contributed by atoms with Crippen LogP contribution in [0, 0.1) is 0 Å². The maximum atomic E-state index is 12.0. The number of carbonyl (C=O) groups is 2. The Bertz CT molecular complexity index is 740. The maximum Gasteiger partial charge on any atom is 0.325 e. The third kappa shape index (κ3) is 3.79. The van der Waals surface area contributed by atoms with Gasteiger partial charge in [0.05, 0.1) is 18.3 Å². The molecule has 2 heterocycles. The zero-order chi connectivity index (χ0) is 16.2. The molecule has 0 atom stereocenters. The number of anilines is 1. The van der Waals surface area contributed by atoms with Crippen LogP contribution in [-0.4, -0.2) is 40.0 Å². The van der Waals surface area contributed by atoms with Gasteiger partial charge in [-0.15, -0.1) is 0 Å². The second-order valence-corrected chi connectivity index (χ2v) is 5.02. The van der Waals surface area contributed by atoms with Crippen LogP contribution in [0.25, 0.3) is 0 Å². The number of carboxylic acids is 1. The second kappa shape index (κ2) is 6.39. The number of aromatic nitrogens is 2. The number of hydrogen-bond donors (Lipinski definition) is 2. The van der Waals surface area contributed by atoms with Gasteiger partial charge in [-0.1, -0.05) is 6.07 Å². The average Bonchev–Trinajstić information content (AvgIpc) is 2.93. The summed E-state index contributed by atoms with van der Waals surface area (Å²) in [6.45, 7) is 0.761. The number of carbonyl (C=O) groups excluding carboxylic acids is 1. The molecule has 1 aliphatic rings. The molecule has 8 heteroatoms. The smallest absolute Gasteiger partial charge is 0.325 e. The molecule has 0 bridgehead atoms. The number of nitrogens with one attached hydrogen (secondary N) is 1. The van der Waals surface area contributed by atoms with Gasteiger partial charge in [-0.2, -0.15) is 5.10 Å². The Labute approximate surface area is 131 Å². The first kappa shape index (κ1) is 14.9. The van der Waals surface area contributed by atoms with Crippen molar-refractivity contribution in [1.29, 1.82) is 0 Å². The van der Waals surface area contributed by atoms with Gasteiger partial charge >= 0.3 is 5.97 Å². The van der Waals surface area contributed by atoms with Gasteiger partial charge in [0, 0.05) is 6.20 Å². The molecule has 0 saturated heterocycles. The average molecular weight is 317 g/mol. The third-order valence-corrected chi connectivity index (χ3v) is 3.19. The van der Waals surface area contributed by atoms with Crippen molar-refractivity contribution in [3.63, 3.8) is 0 Å². The lowest BCUT2D eigenvalue weighted by Gasteiger charge is -2.18. The van der Waals surface area contributed by atoms with Crippen molar-refractivity contribution < 1.29 is 24.2 Å². The van der Waals surface area contributed by atoms with Crippen LogP contribution in [0.4, 0.5) is 5.69 Å². The molecule has 1 aromatic carbocycles. The van der Waals surface area contributed by atoms with E-state index >= 15 is 0 Å². The van der Waals surface area contributed by atoms with Gasteiger partial charge in [0.1, 0.15) is 19.8 Å². The van der Waals surface area contributed by atoms with Crippen LogP contribution in [0.2, 0.25) is 0 Å². The summed E-state index contributed by atoms with van der Waals surface area (Å²) in [4.78, 5) is 22.6. The van der Waals surface area contributed by atoms with Crippen LogP contribution in [-0.2, 0) is 22.6 Å². The highest BCUT2D eigenvalue weighted by Gasteiger charge is 2.13. The van der Waals surface area contributed by atoms with Crippen LogP contribution in [0.15, 0.2) is 30.6 Å². The van der Waals surface area contributed by atoms with Gasteiger partial charge in [-0.25, -0.2) is 0 Å². The lowest BCUT2D eigenvalue weighted by atomic mass is 10.1. The number of amides is 1.